The average molecular weight is 248 g/mol. The lowest BCUT2D eigenvalue weighted by Gasteiger charge is -2.13. The SMILES string of the molecule is CN1CCC(NC(=O)c2ccnc(CCN)c2)C1. The van der Waals surface area contributed by atoms with Crippen LogP contribution in [0.2, 0.25) is 0 Å². The van der Waals surface area contributed by atoms with Crippen LogP contribution in [-0.4, -0.2) is 48.5 Å². The van der Waals surface area contributed by atoms with Crippen LogP contribution in [0.4, 0.5) is 0 Å². The van der Waals surface area contributed by atoms with Gasteiger partial charge >= 0.3 is 0 Å². The van der Waals surface area contributed by atoms with Gasteiger partial charge in [0, 0.05) is 36.5 Å². The number of likely N-dealkylation sites (tertiary alicyclic amines) is 1. The van der Waals surface area contributed by atoms with Gasteiger partial charge in [0.05, 0.1) is 0 Å². The van der Waals surface area contributed by atoms with Crippen molar-refractivity contribution in [1.29, 1.82) is 0 Å². The van der Waals surface area contributed by atoms with E-state index in [0.717, 1.165) is 25.2 Å². The maximum absolute atomic E-state index is 12.1. The molecule has 2 heterocycles. The molecule has 98 valence electrons. The number of rotatable bonds is 4. The van der Waals surface area contributed by atoms with Crippen LogP contribution in [0, 0.1) is 0 Å². The number of carbonyl (C=O) groups is 1. The molecular weight excluding hydrogens is 228 g/mol. The Morgan fingerprint density at radius 1 is 1.67 bits per heavy atom. The minimum atomic E-state index is -0.0176. The number of nitrogens with one attached hydrogen (secondary N) is 1. The van der Waals surface area contributed by atoms with Gasteiger partial charge in [-0.05, 0) is 38.7 Å². The average Bonchev–Trinajstić information content (AvgIpc) is 2.75. The van der Waals surface area contributed by atoms with Crippen LogP contribution in [0.3, 0.4) is 0 Å². The Morgan fingerprint density at radius 2 is 2.50 bits per heavy atom. The van der Waals surface area contributed by atoms with Crippen molar-refractivity contribution in [2.45, 2.75) is 18.9 Å². The number of likely N-dealkylation sites (N-methyl/N-ethyl adjacent to an activating group) is 1. The molecule has 1 unspecified atom stereocenters. The molecule has 2 rings (SSSR count). The fourth-order valence-corrected chi connectivity index (χ4v) is 2.23. The first kappa shape index (κ1) is 13.0. The molecule has 0 saturated carbocycles. The van der Waals surface area contributed by atoms with Crippen molar-refractivity contribution in [3.8, 4) is 0 Å². The third-order valence-corrected chi connectivity index (χ3v) is 3.21. The van der Waals surface area contributed by atoms with Crippen molar-refractivity contribution in [1.82, 2.24) is 15.2 Å². The van der Waals surface area contributed by atoms with Gasteiger partial charge in [-0.3, -0.25) is 9.78 Å². The molecule has 1 aromatic rings. The van der Waals surface area contributed by atoms with E-state index in [4.69, 9.17) is 5.73 Å². The summed E-state index contributed by atoms with van der Waals surface area (Å²) in [7, 11) is 2.07. The van der Waals surface area contributed by atoms with Crippen molar-refractivity contribution in [2.24, 2.45) is 5.73 Å². The first-order valence-electron chi connectivity index (χ1n) is 6.33. The van der Waals surface area contributed by atoms with E-state index in [2.05, 4.69) is 22.2 Å². The van der Waals surface area contributed by atoms with E-state index < -0.39 is 0 Å². The molecule has 0 radical (unpaired) electrons. The zero-order valence-corrected chi connectivity index (χ0v) is 10.7. The molecule has 18 heavy (non-hydrogen) atoms. The van der Waals surface area contributed by atoms with Crippen LogP contribution in [-0.2, 0) is 6.42 Å². The van der Waals surface area contributed by atoms with Crippen LogP contribution in [0.25, 0.3) is 0 Å². The maximum Gasteiger partial charge on any atom is 0.251 e. The molecule has 0 aliphatic carbocycles. The van der Waals surface area contributed by atoms with Crippen LogP contribution in [0.15, 0.2) is 18.3 Å². The molecule has 0 bridgehead atoms. The molecule has 1 fully saturated rings. The molecular formula is C13H20N4O. The Balaban J connectivity index is 1.97. The number of hydrogen-bond acceptors (Lipinski definition) is 4. The van der Waals surface area contributed by atoms with Crippen molar-refractivity contribution < 1.29 is 4.79 Å². The largest absolute Gasteiger partial charge is 0.348 e. The lowest BCUT2D eigenvalue weighted by molar-refractivity contribution is 0.0938. The Morgan fingerprint density at radius 3 is 3.17 bits per heavy atom. The van der Waals surface area contributed by atoms with Crippen LogP contribution in [0.1, 0.15) is 22.5 Å². The first-order chi connectivity index (χ1) is 8.69. The summed E-state index contributed by atoms with van der Waals surface area (Å²) in [6.45, 7) is 2.51. The van der Waals surface area contributed by atoms with Crippen LogP contribution >= 0.6 is 0 Å². The highest BCUT2D eigenvalue weighted by Gasteiger charge is 2.21. The number of hydrogen-bond donors (Lipinski definition) is 2. The van der Waals surface area contributed by atoms with E-state index in [0.29, 0.717) is 18.5 Å². The van der Waals surface area contributed by atoms with Gasteiger partial charge < -0.3 is 16.0 Å². The lowest BCUT2D eigenvalue weighted by Crippen LogP contribution is -2.36. The molecule has 5 nitrogen and oxygen atoms in total. The molecule has 1 aromatic heterocycles. The summed E-state index contributed by atoms with van der Waals surface area (Å²) in [4.78, 5) is 18.5. The fraction of sp³-hybridized carbons (Fsp3) is 0.538. The van der Waals surface area contributed by atoms with Crippen molar-refractivity contribution >= 4 is 5.91 Å². The fourth-order valence-electron chi connectivity index (χ4n) is 2.23. The maximum atomic E-state index is 12.1. The van der Waals surface area contributed by atoms with E-state index in [9.17, 15) is 4.79 Å². The van der Waals surface area contributed by atoms with Crippen molar-refractivity contribution in [3.05, 3.63) is 29.6 Å². The summed E-state index contributed by atoms with van der Waals surface area (Å²) in [5, 5.41) is 3.06. The quantitative estimate of drug-likeness (QED) is 0.788. The highest BCUT2D eigenvalue weighted by molar-refractivity contribution is 5.94. The number of nitrogens with two attached hydrogens (primary N) is 1. The minimum Gasteiger partial charge on any atom is -0.348 e. The van der Waals surface area contributed by atoms with Gasteiger partial charge in [-0.15, -0.1) is 0 Å². The smallest absolute Gasteiger partial charge is 0.251 e. The number of pyridine rings is 1. The zero-order chi connectivity index (χ0) is 13.0. The summed E-state index contributed by atoms with van der Waals surface area (Å²) in [6, 6.07) is 3.82. The highest BCUT2D eigenvalue weighted by atomic mass is 16.1. The van der Waals surface area contributed by atoms with Crippen LogP contribution in [0.5, 0.6) is 0 Å². The summed E-state index contributed by atoms with van der Waals surface area (Å²) in [5.41, 5.74) is 7.03. The molecule has 0 aromatic carbocycles. The second kappa shape index (κ2) is 5.93. The molecule has 0 spiro atoms. The Bertz CT molecular complexity index is 421. The van der Waals surface area contributed by atoms with Gasteiger partial charge in [-0.1, -0.05) is 0 Å². The second-order valence-electron chi connectivity index (χ2n) is 4.80. The monoisotopic (exact) mass is 248 g/mol. The lowest BCUT2D eigenvalue weighted by atomic mass is 10.1. The second-order valence-corrected chi connectivity index (χ2v) is 4.80. The molecule has 3 N–H and O–H groups in total. The molecule has 1 atom stereocenters. The molecule has 1 saturated heterocycles. The topological polar surface area (TPSA) is 71.2 Å². The first-order valence-corrected chi connectivity index (χ1v) is 6.33. The summed E-state index contributed by atoms with van der Waals surface area (Å²) in [6.07, 6.45) is 3.39. The molecule has 1 aliphatic rings. The molecule has 1 amide bonds. The number of nitrogens with zero attached hydrogens (tertiary/aromatic N) is 2. The van der Waals surface area contributed by atoms with E-state index in [1.807, 2.05) is 6.07 Å². The third-order valence-electron chi connectivity index (χ3n) is 3.21. The Labute approximate surface area is 107 Å². The summed E-state index contributed by atoms with van der Waals surface area (Å²) in [5.74, 6) is -0.0176. The van der Waals surface area contributed by atoms with Gasteiger partial charge in [0.1, 0.15) is 0 Å². The van der Waals surface area contributed by atoms with E-state index in [-0.39, 0.29) is 11.9 Å². The highest BCUT2D eigenvalue weighted by Crippen LogP contribution is 2.08. The zero-order valence-electron chi connectivity index (χ0n) is 10.7. The van der Waals surface area contributed by atoms with Gasteiger partial charge in [0.15, 0.2) is 0 Å². The number of amides is 1. The summed E-state index contributed by atoms with van der Waals surface area (Å²) >= 11 is 0. The van der Waals surface area contributed by atoms with Gasteiger partial charge in [-0.2, -0.15) is 0 Å². The standard InChI is InChI=1S/C13H20N4O/c1-17-7-4-12(9-17)16-13(18)10-3-6-15-11(8-10)2-5-14/h3,6,8,12H,2,4-5,7,9,14H2,1H3,(H,16,18). The summed E-state index contributed by atoms with van der Waals surface area (Å²) < 4.78 is 0. The predicted molar refractivity (Wildman–Crippen MR) is 70.4 cm³/mol. The van der Waals surface area contributed by atoms with Crippen molar-refractivity contribution in [2.75, 3.05) is 26.7 Å². The number of carbonyl (C=O) groups excluding carboxylic acids is 1. The van der Waals surface area contributed by atoms with E-state index in [1.165, 1.54) is 0 Å². The van der Waals surface area contributed by atoms with Crippen molar-refractivity contribution in [3.63, 3.8) is 0 Å². The number of aromatic nitrogens is 1. The van der Waals surface area contributed by atoms with Gasteiger partial charge in [-0.25, -0.2) is 0 Å². The van der Waals surface area contributed by atoms with Gasteiger partial charge in [0.2, 0.25) is 0 Å². The molecule has 1 aliphatic heterocycles. The predicted octanol–water partition coefficient (Wildman–Crippen LogP) is 0.0167. The normalized spacial score (nSPS) is 20.0. The molecule has 5 heteroatoms. The Kier molecular flexibility index (Phi) is 4.28. The van der Waals surface area contributed by atoms with E-state index in [1.54, 1.807) is 12.3 Å². The van der Waals surface area contributed by atoms with E-state index >= 15 is 0 Å². The third kappa shape index (κ3) is 3.27. The Hall–Kier alpha value is -1.46. The van der Waals surface area contributed by atoms with Gasteiger partial charge in [0.25, 0.3) is 5.91 Å². The van der Waals surface area contributed by atoms with Crippen LogP contribution < -0.4 is 11.1 Å². The minimum absolute atomic E-state index is 0.0176.